The van der Waals surface area contributed by atoms with E-state index >= 15 is 0 Å². The topological polar surface area (TPSA) is 65.3 Å². The van der Waals surface area contributed by atoms with E-state index in [-0.39, 0.29) is 5.69 Å². The Bertz CT molecular complexity index is 353. The molecule has 0 saturated heterocycles. The first kappa shape index (κ1) is 12.4. The van der Waals surface area contributed by atoms with Crippen molar-refractivity contribution in [3.63, 3.8) is 0 Å². The second-order valence-corrected chi connectivity index (χ2v) is 4.02. The van der Waals surface area contributed by atoms with Gasteiger partial charge >= 0.3 is 0 Å². The molecule has 1 rings (SSSR count). The Balaban J connectivity index is 2.42. The molecule has 5 nitrogen and oxygen atoms in total. The van der Waals surface area contributed by atoms with Crippen molar-refractivity contribution in [2.24, 2.45) is 5.92 Å². The summed E-state index contributed by atoms with van der Waals surface area (Å²) < 4.78 is 5.38. The van der Waals surface area contributed by atoms with Crippen LogP contribution in [0.1, 0.15) is 26.7 Å². The largest absolute Gasteiger partial charge is 0.492 e. The molecular formula is C11H16N2O3. The first-order chi connectivity index (χ1) is 7.59. The van der Waals surface area contributed by atoms with Crippen molar-refractivity contribution in [3.8, 4) is 5.75 Å². The third-order valence-electron chi connectivity index (χ3n) is 2.10. The van der Waals surface area contributed by atoms with Crippen LogP contribution in [-0.4, -0.2) is 16.5 Å². The average molecular weight is 224 g/mol. The van der Waals surface area contributed by atoms with Gasteiger partial charge in [0.25, 0.3) is 5.69 Å². The van der Waals surface area contributed by atoms with E-state index in [1.165, 1.54) is 18.5 Å². The minimum Gasteiger partial charge on any atom is -0.492 e. The van der Waals surface area contributed by atoms with Crippen LogP contribution in [0.5, 0.6) is 5.75 Å². The molecule has 0 bridgehead atoms. The Morgan fingerprint density at radius 3 is 2.88 bits per heavy atom. The number of pyridine rings is 1. The van der Waals surface area contributed by atoms with Crippen LogP contribution in [0.3, 0.4) is 0 Å². The molecular weight excluding hydrogens is 208 g/mol. The summed E-state index contributed by atoms with van der Waals surface area (Å²) in [6, 6.07) is 1.39. The minimum atomic E-state index is -0.478. The first-order valence-electron chi connectivity index (χ1n) is 5.32. The van der Waals surface area contributed by atoms with E-state index in [9.17, 15) is 10.1 Å². The lowest BCUT2D eigenvalue weighted by Crippen LogP contribution is -2.00. The molecule has 0 aliphatic carbocycles. The van der Waals surface area contributed by atoms with E-state index in [1.807, 2.05) is 0 Å². The fraction of sp³-hybridized carbons (Fsp3) is 0.545. The number of nitro groups is 1. The number of rotatable bonds is 6. The van der Waals surface area contributed by atoms with E-state index in [4.69, 9.17) is 4.74 Å². The van der Waals surface area contributed by atoms with Crippen molar-refractivity contribution in [2.75, 3.05) is 6.61 Å². The molecule has 1 heterocycles. The lowest BCUT2D eigenvalue weighted by atomic mass is 10.1. The fourth-order valence-electron chi connectivity index (χ4n) is 1.27. The monoisotopic (exact) mass is 224 g/mol. The molecule has 1 aromatic heterocycles. The maximum atomic E-state index is 10.5. The SMILES string of the molecule is CC(C)CCCOc1cncc([N+](=O)[O-])c1. The Kier molecular flexibility index (Phi) is 4.69. The quantitative estimate of drug-likeness (QED) is 0.423. The maximum absolute atomic E-state index is 10.5. The van der Waals surface area contributed by atoms with Gasteiger partial charge in [0.15, 0.2) is 0 Å². The Labute approximate surface area is 94.6 Å². The molecule has 5 heteroatoms. The highest BCUT2D eigenvalue weighted by Gasteiger charge is 2.07. The van der Waals surface area contributed by atoms with Gasteiger partial charge < -0.3 is 4.74 Å². The van der Waals surface area contributed by atoms with Gasteiger partial charge in [0.1, 0.15) is 11.9 Å². The highest BCUT2D eigenvalue weighted by atomic mass is 16.6. The molecule has 0 unspecified atom stereocenters. The van der Waals surface area contributed by atoms with Crippen molar-refractivity contribution in [3.05, 3.63) is 28.6 Å². The van der Waals surface area contributed by atoms with Crippen molar-refractivity contribution in [2.45, 2.75) is 26.7 Å². The number of ether oxygens (including phenoxy) is 1. The van der Waals surface area contributed by atoms with Crippen molar-refractivity contribution >= 4 is 5.69 Å². The summed E-state index contributed by atoms with van der Waals surface area (Å²) in [6.07, 6.45) is 4.73. The molecule has 0 saturated carbocycles. The first-order valence-corrected chi connectivity index (χ1v) is 5.32. The van der Waals surface area contributed by atoms with Crippen LogP contribution in [0.15, 0.2) is 18.5 Å². The van der Waals surface area contributed by atoms with E-state index in [2.05, 4.69) is 18.8 Å². The summed E-state index contributed by atoms with van der Waals surface area (Å²) in [4.78, 5) is 13.8. The standard InChI is InChI=1S/C11H16N2O3/c1-9(2)4-3-5-16-11-6-10(13(14)15)7-12-8-11/h6-9H,3-5H2,1-2H3. The number of hydrogen-bond acceptors (Lipinski definition) is 4. The van der Waals surface area contributed by atoms with Gasteiger partial charge in [0.05, 0.1) is 23.8 Å². The molecule has 0 fully saturated rings. The van der Waals surface area contributed by atoms with E-state index in [1.54, 1.807) is 0 Å². The highest BCUT2D eigenvalue weighted by Crippen LogP contribution is 2.17. The van der Waals surface area contributed by atoms with Gasteiger partial charge in [-0.3, -0.25) is 15.1 Å². The normalized spacial score (nSPS) is 10.4. The summed E-state index contributed by atoms with van der Waals surface area (Å²) >= 11 is 0. The summed E-state index contributed by atoms with van der Waals surface area (Å²) in [6.45, 7) is 4.87. The Hall–Kier alpha value is -1.65. The zero-order valence-corrected chi connectivity index (χ0v) is 9.55. The van der Waals surface area contributed by atoms with Gasteiger partial charge in [0.2, 0.25) is 0 Å². The van der Waals surface area contributed by atoms with Crippen LogP contribution in [0, 0.1) is 16.0 Å². The van der Waals surface area contributed by atoms with Crippen LogP contribution < -0.4 is 4.74 Å². The van der Waals surface area contributed by atoms with Gasteiger partial charge in [-0.25, -0.2) is 0 Å². The van der Waals surface area contributed by atoms with Crippen LogP contribution in [0.2, 0.25) is 0 Å². The summed E-state index contributed by atoms with van der Waals surface area (Å²) in [5, 5.41) is 10.5. The number of nitrogens with zero attached hydrogens (tertiary/aromatic N) is 2. The Morgan fingerprint density at radius 1 is 1.50 bits per heavy atom. The molecule has 0 amide bonds. The van der Waals surface area contributed by atoms with E-state index in [0.29, 0.717) is 18.3 Å². The van der Waals surface area contributed by atoms with Crippen LogP contribution in [-0.2, 0) is 0 Å². The fourth-order valence-corrected chi connectivity index (χ4v) is 1.27. The predicted octanol–water partition coefficient (Wildman–Crippen LogP) is 2.80. The molecule has 0 aliphatic rings. The highest BCUT2D eigenvalue weighted by molar-refractivity contribution is 5.33. The van der Waals surface area contributed by atoms with Crippen molar-refractivity contribution in [1.82, 2.24) is 4.98 Å². The lowest BCUT2D eigenvalue weighted by Gasteiger charge is -2.06. The summed E-state index contributed by atoms with van der Waals surface area (Å²) in [5.74, 6) is 1.10. The second kappa shape index (κ2) is 6.05. The van der Waals surface area contributed by atoms with E-state index < -0.39 is 4.92 Å². The zero-order chi connectivity index (χ0) is 12.0. The van der Waals surface area contributed by atoms with Crippen molar-refractivity contribution in [1.29, 1.82) is 0 Å². The van der Waals surface area contributed by atoms with Crippen LogP contribution >= 0.6 is 0 Å². The summed E-state index contributed by atoms with van der Waals surface area (Å²) in [5.41, 5.74) is -0.0404. The third kappa shape index (κ3) is 4.25. The molecule has 88 valence electrons. The molecule has 0 radical (unpaired) electrons. The van der Waals surface area contributed by atoms with Crippen LogP contribution in [0.4, 0.5) is 5.69 Å². The molecule has 0 N–H and O–H groups in total. The third-order valence-corrected chi connectivity index (χ3v) is 2.10. The number of hydrogen-bond donors (Lipinski definition) is 0. The second-order valence-electron chi connectivity index (χ2n) is 4.02. The molecule has 0 aliphatic heterocycles. The van der Waals surface area contributed by atoms with Gasteiger partial charge in [-0.2, -0.15) is 0 Å². The maximum Gasteiger partial charge on any atom is 0.291 e. The molecule has 0 aromatic carbocycles. The number of aromatic nitrogens is 1. The zero-order valence-electron chi connectivity index (χ0n) is 9.55. The predicted molar refractivity (Wildman–Crippen MR) is 60.5 cm³/mol. The molecule has 1 aromatic rings. The molecule has 0 spiro atoms. The molecule has 0 atom stereocenters. The van der Waals surface area contributed by atoms with Crippen molar-refractivity contribution < 1.29 is 9.66 Å². The molecule has 16 heavy (non-hydrogen) atoms. The Morgan fingerprint density at radius 2 is 2.25 bits per heavy atom. The van der Waals surface area contributed by atoms with Gasteiger partial charge in [-0.15, -0.1) is 0 Å². The van der Waals surface area contributed by atoms with Gasteiger partial charge in [-0.1, -0.05) is 13.8 Å². The average Bonchev–Trinajstić information content (AvgIpc) is 2.24. The lowest BCUT2D eigenvalue weighted by molar-refractivity contribution is -0.385. The smallest absolute Gasteiger partial charge is 0.291 e. The van der Waals surface area contributed by atoms with Gasteiger partial charge in [-0.05, 0) is 18.8 Å². The van der Waals surface area contributed by atoms with Crippen LogP contribution in [0.25, 0.3) is 0 Å². The minimum absolute atomic E-state index is 0.0404. The summed E-state index contributed by atoms with van der Waals surface area (Å²) in [7, 11) is 0. The van der Waals surface area contributed by atoms with Gasteiger partial charge in [0, 0.05) is 0 Å². The van der Waals surface area contributed by atoms with E-state index in [0.717, 1.165) is 12.8 Å².